The summed E-state index contributed by atoms with van der Waals surface area (Å²) in [6, 6.07) is 21.4. The van der Waals surface area contributed by atoms with E-state index >= 15 is 0 Å². The zero-order chi connectivity index (χ0) is 19.9. The van der Waals surface area contributed by atoms with Gasteiger partial charge in [-0.2, -0.15) is 0 Å². The molecule has 25 heavy (non-hydrogen) atoms. The molecule has 0 saturated carbocycles. The van der Waals surface area contributed by atoms with Crippen molar-refractivity contribution < 1.29 is 13.0 Å². The van der Waals surface area contributed by atoms with Crippen LogP contribution in [-0.2, 0) is 10.1 Å². The minimum atomic E-state index is -3.92. The van der Waals surface area contributed by atoms with Crippen molar-refractivity contribution in [2.75, 3.05) is 6.26 Å². The highest BCUT2D eigenvalue weighted by atomic mass is 32.2. The number of fused-ring (bicyclic) bond motifs is 2. The summed E-state index contributed by atoms with van der Waals surface area (Å²) in [5.41, 5.74) is 0. The van der Waals surface area contributed by atoms with Gasteiger partial charge in [-0.25, -0.2) is 8.42 Å². The second-order valence-corrected chi connectivity index (χ2v) is 5.66. The molecule has 0 heterocycles. The molecule has 0 amide bonds. The van der Waals surface area contributed by atoms with E-state index in [0.717, 1.165) is 0 Å². The van der Waals surface area contributed by atoms with Crippen LogP contribution in [0.2, 0.25) is 0 Å². The molecule has 0 bridgehead atoms. The van der Waals surface area contributed by atoms with Crippen molar-refractivity contribution in [3.63, 3.8) is 0 Å². The summed E-state index contributed by atoms with van der Waals surface area (Å²) in [6.45, 7) is 12.0. The Morgan fingerprint density at radius 2 is 0.760 bits per heavy atom. The summed E-state index contributed by atoms with van der Waals surface area (Å²) in [4.78, 5) is 0. The van der Waals surface area contributed by atoms with Crippen molar-refractivity contribution in [1.82, 2.24) is 0 Å². The minimum Gasteiger partial charge on any atom is -0.748 e. The molecular weight excluding hydrogens is 332 g/mol. The van der Waals surface area contributed by atoms with Crippen LogP contribution in [-0.4, -0.2) is 19.2 Å². The quantitative estimate of drug-likeness (QED) is 0.351. The first-order valence-electron chi connectivity index (χ1n) is 8.72. The SMILES string of the molecule is CC.CC.CC.CS(=O)(=O)[O-].c1ccc2cc3ccccc3cc2c1. The van der Waals surface area contributed by atoms with Crippen molar-refractivity contribution in [1.29, 1.82) is 0 Å². The van der Waals surface area contributed by atoms with Gasteiger partial charge in [-0.15, -0.1) is 0 Å². The molecule has 0 aliphatic heterocycles. The van der Waals surface area contributed by atoms with E-state index in [9.17, 15) is 0 Å². The van der Waals surface area contributed by atoms with Gasteiger partial charge in [0, 0.05) is 6.26 Å². The zero-order valence-corrected chi connectivity index (χ0v) is 17.2. The molecular formula is C21H31O3S-. The molecule has 140 valence electrons. The highest BCUT2D eigenvalue weighted by molar-refractivity contribution is 7.84. The highest BCUT2D eigenvalue weighted by Gasteiger charge is 1.95. The predicted octanol–water partition coefficient (Wildman–Crippen LogP) is 6.23. The van der Waals surface area contributed by atoms with Gasteiger partial charge in [-0.1, -0.05) is 90.1 Å². The summed E-state index contributed by atoms with van der Waals surface area (Å²) >= 11 is 0. The molecule has 3 rings (SSSR count). The van der Waals surface area contributed by atoms with Crippen LogP contribution in [0.4, 0.5) is 0 Å². The lowest BCUT2D eigenvalue weighted by Gasteiger charge is -2.00. The van der Waals surface area contributed by atoms with E-state index in [1.807, 2.05) is 41.5 Å². The average molecular weight is 364 g/mol. The third kappa shape index (κ3) is 11.3. The van der Waals surface area contributed by atoms with Crippen LogP contribution in [0.5, 0.6) is 0 Å². The standard InChI is InChI=1S/C14H10.3C2H6.CH4O3S/c1-2-6-12-10-14-8-4-3-7-13(14)9-11(12)5-1;3*1-2;1-5(2,3)4/h1-10H;3*1-2H3;1H3,(H,2,3,4)/p-1. The monoisotopic (exact) mass is 363 g/mol. The Balaban J connectivity index is 0. The molecule has 3 nitrogen and oxygen atoms in total. The Bertz CT molecular complexity index is 696. The van der Waals surface area contributed by atoms with Gasteiger partial charge in [-0.3, -0.25) is 0 Å². The third-order valence-electron chi connectivity index (χ3n) is 2.61. The van der Waals surface area contributed by atoms with Crippen molar-refractivity contribution >= 4 is 31.7 Å². The van der Waals surface area contributed by atoms with Gasteiger partial charge in [0.2, 0.25) is 0 Å². The van der Waals surface area contributed by atoms with E-state index in [0.29, 0.717) is 6.26 Å². The maximum Gasteiger partial charge on any atom is 0.0916 e. The highest BCUT2D eigenvalue weighted by Crippen LogP contribution is 2.21. The normalized spacial score (nSPS) is 9.12. The Hall–Kier alpha value is -1.91. The molecule has 0 aliphatic rings. The maximum absolute atomic E-state index is 9.08. The van der Waals surface area contributed by atoms with Crippen LogP contribution in [0.25, 0.3) is 21.5 Å². The van der Waals surface area contributed by atoms with Crippen LogP contribution in [0.3, 0.4) is 0 Å². The first-order valence-corrected chi connectivity index (χ1v) is 10.5. The molecule has 0 saturated heterocycles. The molecule has 0 aromatic heterocycles. The molecule has 3 aromatic carbocycles. The first kappa shape index (κ1) is 25.3. The van der Waals surface area contributed by atoms with Crippen LogP contribution in [0.1, 0.15) is 41.5 Å². The molecule has 0 aliphatic carbocycles. The predicted molar refractivity (Wildman–Crippen MR) is 111 cm³/mol. The lowest BCUT2D eigenvalue weighted by molar-refractivity contribution is 0.470. The van der Waals surface area contributed by atoms with Gasteiger partial charge in [-0.05, 0) is 33.7 Å². The topological polar surface area (TPSA) is 57.2 Å². The molecule has 3 aromatic rings. The number of hydrogen-bond donors (Lipinski definition) is 0. The van der Waals surface area contributed by atoms with Crippen molar-refractivity contribution in [3.05, 3.63) is 60.7 Å². The minimum absolute atomic E-state index is 0.604. The van der Waals surface area contributed by atoms with Gasteiger partial charge >= 0.3 is 0 Å². The van der Waals surface area contributed by atoms with Crippen LogP contribution >= 0.6 is 0 Å². The summed E-state index contributed by atoms with van der Waals surface area (Å²) in [7, 11) is -3.92. The fourth-order valence-corrected chi connectivity index (χ4v) is 1.88. The van der Waals surface area contributed by atoms with E-state index in [1.54, 1.807) is 0 Å². The lowest BCUT2D eigenvalue weighted by atomic mass is 10.0. The molecule has 4 heteroatoms. The van der Waals surface area contributed by atoms with E-state index in [-0.39, 0.29) is 0 Å². The zero-order valence-electron chi connectivity index (χ0n) is 16.4. The number of rotatable bonds is 0. The fourth-order valence-electron chi connectivity index (χ4n) is 1.88. The van der Waals surface area contributed by atoms with E-state index < -0.39 is 10.1 Å². The molecule has 0 radical (unpaired) electrons. The molecule has 0 spiro atoms. The van der Waals surface area contributed by atoms with E-state index in [4.69, 9.17) is 13.0 Å². The van der Waals surface area contributed by atoms with Crippen molar-refractivity contribution in [2.45, 2.75) is 41.5 Å². The average Bonchev–Trinajstić information content (AvgIpc) is 2.63. The van der Waals surface area contributed by atoms with E-state index in [1.165, 1.54) is 21.5 Å². The largest absolute Gasteiger partial charge is 0.748 e. The lowest BCUT2D eigenvalue weighted by Crippen LogP contribution is -1.88. The second-order valence-electron chi connectivity index (χ2n) is 4.25. The second kappa shape index (κ2) is 14.4. The molecule has 0 fully saturated rings. The Labute approximate surface area is 153 Å². The summed E-state index contributed by atoms with van der Waals surface area (Å²) in [5.74, 6) is 0. The first-order chi connectivity index (χ1) is 11.9. The van der Waals surface area contributed by atoms with Gasteiger partial charge in [0.1, 0.15) is 0 Å². The molecule has 0 unspecified atom stereocenters. The van der Waals surface area contributed by atoms with Crippen molar-refractivity contribution in [3.8, 4) is 0 Å². The molecule has 0 N–H and O–H groups in total. The van der Waals surface area contributed by atoms with Crippen molar-refractivity contribution in [2.24, 2.45) is 0 Å². The van der Waals surface area contributed by atoms with Crippen LogP contribution in [0.15, 0.2) is 60.7 Å². The van der Waals surface area contributed by atoms with Gasteiger partial charge in [0.15, 0.2) is 0 Å². The third-order valence-corrected chi connectivity index (χ3v) is 2.61. The Morgan fingerprint density at radius 1 is 0.600 bits per heavy atom. The van der Waals surface area contributed by atoms with Gasteiger partial charge in [0.05, 0.1) is 10.1 Å². The maximum atomic E-state index is 9.08. The molecule has 0 atom stereocenters. The Morgan fingerprint density at radius 3 is 0.920 bits per heavy atom. The van der Waals surface area contributed by atoms with Gasteiger partial charge in [0.25, 0.3) is 0 Å². The number of benzene rings is 3. The summed E-state index contributed by atoms with van der Waals surface area (Å²) in [6.07, 6.45) is 0.604. The summed E-state index contributed by atoms with van der Waals surface area (Å²) < 4.78 is 27.2. The smallest absolute Gasteiger partial charge is 0.0916 e. The fraction of sp³-hybridized carbons (Fsp3) is 0.333. The van der Waals surface area contributed by atoms with Crippen LogP contribution < -0.4 is 0 Å². The van der Waals surface area contributed by atoms with Gasteiger partial charge < -0.3 is 4.55 Å². The van der Waals surface area contributed by atoms with E-state index in [2.05, 4.69) is 60.7 Å². The summed E-state index contributed by atoms with van der Waals surface area (Å²) in [5, 5.41) is 5.25. The Kier molecular flexibility index (Phi) is 14.6. The van der Waals surface area contributed by atoms with Crippen LogP contribution in [0, 0.1) is 0 Å². The number of hydrogen-bond acceptors (Lipinski definition) is 3.